The Morgan fingerprint density at radius 3 is 2.71 bits per heavy atom. The van der Waals surface area contributed by atoms with E-state index < -0.39 is 0 Å². The Balaban J connectivity index is 1.98. The molecular formula is C13H24N2O2. The standard InChI is InChI=1S/C13H24N2O2/c1-11(2)10-17-9-8-14-13(16)15-12-6-4-3-5-7-12/h12H,1,3-10H2,2H3,(H2,14,15,16). The van der Waals surface area contributed by atoms with Crippen LogP contribution in [0.4, 0.5) is 4.79 Å². The maximum atomic E-state index is 11.5. The number of hydrogen-bond donors (Lipinski definition) is 2. The topological polar surface area (TPSA) is 50.4 Å². The first-order valence-corrected chi connectivity index (χ1v) is 6.45. The van der Waals surface area contributed by atoms with Crippen LogP contribution < -0.4 is 10.6 Å². The van der Waals surface area contributed by atoms with Crippen LogP contribution in [-0.2, 0) is 4.74 Å². The Morgan fingerprint density at radius 1 is 1.35 bits per heavy atom. The van der Waals surface area contributed by atoms with Gasteiger partial charge in [0.15, 0.2) is 0 Å². The zero-order chi connectivity index (χ0) is 12.5. The SMILES string of the molecule is C=C(C)COCCNC(=O)NC1CCCCC1. The van der Waals surface area contributed by atoms with E-state index in [-0.39, 0.29) is 6.03 Å². The molecule has 0 bridgehead atoms. The summed E-state index contributed by atoms with van der Waals surface area (Å²) in [5, 5.41) is 5.79. The van der Waals surface area contributed by atoms with Crippen LogP contribution in [0.3, 0.4) is 0 Å². The van der Waals surface area contributed by atoms with Crippen molar-refractivity contribution in [3.8, 4) is 0 Å². The molecule has 98 valence electrons. The smallest absolute Gasteiger partial charge is 0.315 e. The predicted molar refractivity (Wildman–Crippen MR) is 69.0 cm³/mol. The summed E-state index contributed by atoms with van der Waals surface area (Å²) >= 11 is 0. The lowest BCUT2D eigenvalue weighted by atomic mass is 9.96. The highest BCUT2D eigenvalue weighted by Crippen LogP contribution is 2.16. The monoisotopic (exact) mass is 240 g/mol. The van der Waals surface area contributed by atoms with Crippen LogP contribution in [0.15, 0.2) is 12.2 Å². The van der Waals surface area contributed by atoms with Gasteiger partial charge in [-0.2, -0.15) is 0 Å². The third-order valence-electron chi connectivity index (χ3n) is 2.82. The minimum atomic E-state index is -0.0733. The first-order valence-electron chi connectivity index (χ1n) is 6.45. The van der Waals surface area contributed by atoms with Gasteiger partial charge in [-0.15, -0.1) is 0 Å². The van der Waals surface area contributed by atoms with E-state index in [0.717, 1.165) is 18.4 Å². The van der Waals surface area contributed by atoms with Crippen LogP contribution in [-0.4, -0.2) is 31.8 Å². The van der Waals surface area contributed by atoms with Crippen molar-refractivity contribution in [3.63, 3.8) is 0 Å². The van der Waals surface area contributed by atoms with Gasteiger partial charge in [0.2, 0.25) is 0 Å². The van der Waals surface area contributed by atoms with E-state index in [9.17, 15) is 4.79 Å². The molecule has 4 nitrogen and oxygen atoms in total. The Labute approximate surface area is 104 Å². The molecule has 0 heterocycles. The average Bonchev–Trinajstić information content (AvgIpc) is 2.29. The van der Waals surface area contributed by atoms with Crippen LogP contribution in [0.25, 0.3) is 0 Å². The van der Waals surface area contributed by atoms with Crippen LogP contribution in [0, 0.1) is 0 Å². The number of nitrogens with one attached hydrogen (secondary N) is 2. The number of ether oxygens (including phenoxy) is 1. The van der Waals surface area contributed by atoms with Crippen molar-refractivity contribution in [2.75, 3.05) is 19.8 Å². The van der Waals surface area contributed by atoms with Gasteiger partial charge in [-0.05, 0) is 19.8 Å². The minimum absolute atomic E-state index is 0.0733. The van der Waals surface area contributed by atoms with Crippen LogP contribution in [0.2, 0.25) is 0 Å². The third kappa shape index (κ3) is 7.00. The fraction of sp³-hybridized carbons (Fsp3) is 0.769. The molecule has 2 N–H and O–H groups in total. The maximum Gasteiger partial charge on any atom is 0.315 e. The molecule has 1 saturated carbocycles. The predicted octanol–water partition coefficient (Wildman–Crippen LogP) is 2.21. The molecule has 4 heteroatoms. The molecule has 0 aliphatic heterocycles. The summed E-state index contributed by atoms with van der Waals surface area (Å²) in [6, 6.07) is 0.288. The molecule has 0 unspecified atom stereocenters. The zero-order valence-electron chi connectivity index (χ0n) is 10.8. The van der Waals surface area contributed by atoms with Crippen LogP contribution in [0.1, 0.15) is 39.0 Å². The summed E-state index contributed by atoms with van der Waals surface area (Å²) in [5.41, 5.74) is 0.997. The second-order valence-corrected chi connectivity index (χ2v) is 4.74. The highest BCUT2D eigenvalue weighted by atomic mass is 16.5. The first-order chi connectivity index (χ1) is 8.18. The molecule has 1 aliphatic rings. The quantitative estimate of drug-likeness (QED) is 0.552. The Bertz CT molecular complexity index is 248. The van der Waals surface area contributed by atoms with Crippen molar-refractivity contribution < 1.29 is 9.53 Å². The number of amides is 2. The fourth-order valence-electron chi connectivity index (χ4n) is 1.97. The number of carbonyl (C=O) groups is 1. The Kier molecular flexibility index (Phi) is 6.70. The van der Waals surface area contributed by atoms with Crippen molar-refractivity contribution in [1.29, 1.82) is 0 Å². The molecule has 2 amide bonds. The van der Waals surface area contributed by atoms with Gasteiger partial charge in [0.05, 0.1) is 13.2 Å². The van der Waals surface area contributed by atoms with Gasteiger partial charge in [-0.25, -0.2) is 4.79 Å². The number of urea groups is 1. The second kappa shape index (κ2) is 8.12. The summed E-state index contributed by atoms with van der Waals surface area (Å²) < 4.78 is 5.29. The number of carbonyl (C=O) groups excluding carboxylic acids is 1. The lowest BCUT2D eigenvalue weighted by Crippen LogP contribution is -2.43. The van der Waals surface area contributed by atoms with Gasteiger partial charge >= 0.3 is 6.03 Å². The molecule has 0 spiro atoms. The number of hydrogen-bond acceptors (Lipinski definition) is 2. The van der Waals surface area contributed by atoms with Gasteiger partial charge in [0, 0.05) is 12.6 Å². The van der Waals surface area contributed by atoms with Crippen molar-refractivity contribution in [1.82, 2.24) is 10.6 Å². The van der Waals surface area contributed by atoms with Crippen molar-refractivity contribution >= 4 is 6.03 Å². The normalized spacial score (nSPS) is 16.5. The van der Waals surface area contributed by atoms with Gasteiger partial charge < -0.3 is 15.4 Å². The van der Waals surface area contributed by atoms with Crippen molar-refractivity contribution in [3.05, 3.63) is 12.2 Å². The van der Waals surface area contributed by atoms with E-state index in [1.54, 1.807) is 0 Å². The minimum Gasteiger partial charge on any atom is -0.375 e. The van der Waals surface area contributed by atoms with Gasteiger partial charge in [-0.1, -0.05) is 31.4 Å². The molecule has 0 atom stereocenters. The lowest BCUT2D eigenvalue weighted by Gasteiger charge is -2.22. The van der Waals surface area contributed by atoms with E-state index in [1.807, 2.05) is 6.92 Å². The highest BCUT2D eigenvalue weighted by molar-refractivity contribution is 5.74. The summed E-state index contributed by atoms with van der Waals surface area (Å²) in [6.45, 7) is 7.30. The maximum absolute atomic E-state index is 11.5. The van der Waals surface area contributed by atoms with Crippen molar-refractivity contribution in [2.24, 2.45) is 0 Å². The Morgan fingerprint density at radius 2 is 2.06 bits per heavy atom. The molecule has 0 aromatic rings. The van der Waals surface area contributed by atoms with Gasteiger partial charge in [-0.3, -0.25) is 0 Å². The van der Waals surface area contributed by atoms with E-state index in [1.165, 1.54) is 19.3 Å². The summed E-state index contributed by atoms with van der Waals surface area (Å²) in [4.78, 5) is 11.5. The number of rotatable bonds is 6. The molecule has 0 aromatic carbocycles. The second-order valence-electron chi connectivity index (χ2n) is 4.74. The highest BCUT2D eigenvalue weighted by Gasteiger charge is 2.14. The molecular weight excluding hydrogens is 216 g/mol. The third-order valence-corrected chi connectivity index (χ3v) is 2.82. The van der Waals surface area contributed by atoms with Gasteiger partial charge in [0.1, 0.15) is 0 Å². The molecule has 0 radical (unpaired) electrons. The van der Waals surface area contributed by atoms with E-state index in [4.69, 9.17) is 4.74 Å². The molecule has 0 aromatic heterocycles. The lowest BCUT2D eigenvalue weighted by molar-refractivity contribution is 0.157. The van der Waals surface area contributed by atoms with E-state index >= 15 is 0 Å². The Hall–Kier alpha value is -1.03. The largest absolute Gasteiger partial charge is 0.375 e. The zero-order valence-corrected chi connectivity index (χ0v) is 10.8. The molecule has 1 fully saturated rings. The van der Waals surface area contributed by atoms with Crippen molar-refractivity contribution in [2.45, 2.75) is 45.1 Å². The molecule has 0 saturated heterocycles. The van der Waals surface area contributed by atoms with E-state index in [0.29, 0.717) is 25.8 Å². The summed E-state index contributed by atoms with van der Waals surface area (Å²) in [7, 11) is 0. The van der Waals surface area contributed by atoms with Crippen LogP contribution >= 0.6 is 0 Å². The van der Waals surface area contributed by atoms with Gasteiger partial charge in [0.25, 0.3) is 0 Å². The first kappa shape index (κ1) is 14.0. The van der Waals surface area contributed by atoms with E-state index in [2.05, 4.69) is 17.2 Å². The fourth-order valence-corrected chi connectivity index (χ4v) is 1.97. The summed E-state index contributed by atoms with van der Waals surface area (Å²) in [6.07, 6.45) is 5.98. The molecule has 1 aliphatic carbocycles. The summed E-state index contributed by atoms with van der Waals surface area (Å²) in [5.74, 6) is 0. The average molecular weight is 240 g/mol. The van der Waals surface area contributed by atoms with Crippen LogP contribution in [0.5, 0.6) is 0 Å². The molecule has 17 heavy (non-hydrogen) atoms. The molecule has 1 rings (SSSR count).